The maximum Gasteiger partial charge on any atom is 0.344 e. The number of halogens is 2. The fraction of sp³-hybridized carbons (Fsp3) is 0.578. The van der Waals surface area contributed by atoms with Gasteiger partial charge < -0.3 is 33.9 Å². The first-order valence-electron chi connectivity index (χ1n) is 22.0. The van der Waals surface area contributed by atoms with E-state index in [1.807, 2.05) is 48.2 Å². The summed E-state index contributed by atoms with van der Waals surface area (Å²) in [4.78, 5) is 52.3. The van der Waals surface area contributed by atoms with Gasteiger partial charge in [-0.3, -0.25) is 19.4 Å². The number of nitrogens with zero attached hydrogens (tertiary/aromatic N) is 3. The average Bonchev–Trinajstić information content (AvgIpc) is 3.86. The number of esters is 3. The minimum Gasteiger partial charge on any atom is -0.496 e. The van der Waals surface area contributed by atoms with Gasteiger partial charge in [-0.05, 0) is 68.3 Å². The molecule has 5 aliphatic heterocycles. The predicted octanol–water partition coefficient (Wildman–Crippen LogP) is 5.08. The molecule has 1 spiro atoms. The van der Waals surface area contributed by atoms with Crippen molar-refractivity contribution in [2.24, 2.45) is 17.3 Å². The summed E-state index contributed by atoms with van der Waals surface area (Å²) in [5, 5.41) is 14.1. The van der Waals surface area contributed by atoms with Crippen LogP contribution in [0, 0.1) is 17.3 Å². The minimum atomic E-state index is -3.03. The number of anilines is 1. The van der Waals surface area contributed by atoms with Gasteiger partial charge in [0.2, 0.25) is 11.5 Å². The van der Waals surface area contributed by atoms with Crippen LogP contribution in [0.15, 0.2) is 48.6 Å². The Bertz CT molecular complexity index is 2390. The van der Waals surface area contributed by atoms with E-state index in [0.717, 1.165) is 12.3 Å². The average molecular weight is 820 g/mol. The third kappa shape index (κ3) is 5.17. The van der Waals surface area contributed by atoms with Gasteiger partial charge in [-0.1, -0.05) is 37.3 Å². The topological polar surface area (TPSA) is 134 Å². The third-order valence-corrected chi connectivity index (χ3v) is 15.2. The molecule has 3 aromatic rings. The summed E-state index contributed by atoms with van der Waals surface area (Å²) in [6.07, 6.45) is 3.30. The highest BCUT2D eigenvalue weighted by molar-refractivity contribution is 5.95. The SMILES string of the molecule is [2H]C([2H])([2H])Oc1cc2c(cc1[C@@]1(C(=O)OC)CC3C[C@@H](C(C)(F)F)CN(Cc4c1[nH]c1ccccc41)C3)[C@]13CCN4CC=C[C@](CC)(C41)[C@@H](OC(C)=O)[C@](O)(C(=O)OC)C3N2C. The number of carbonyl (C=O) groups excluding carboxylic acids is 3. The van der Waals surface area contributed by atoms with Crippen LogP contribution in [-0.4, -0.2) is 122 Å². The Balaban J connectivity index is 1.39. The molecule has 14 heteroatoms. The molecule has 2 bridgehead atoms. The van der Waals surface area contributed by atoms with Crippen molar-refractivity contribution in [1.82, 2.24) is 14.8 Å². The molecule has 1 aromatic heterocycles. The van der Waals surface area contributed by atoms with Gasteiger partial charge in [0.05, 0.1) is 31.4 Å². The lowest BCUT2D eigenvalue weighted by atomic mass is 9.47. The molecule has 10 atom stereocenters. The third-order valence-electron chi connectivity index (χ3n) is 15.2. The van der Waals surface area contributed by atoms with Crippen LogP contribution in [0.4, 0.5) is 14.5 Å². The minimum absolute atomic E-state index is 0.0389. The molecule has 0 amide bonds. The first-order valence-corrected chi connectivity index (χ1v) is 20.5. The van der Waals surface area contributed by atoms with E-state index in [2.05, 4.69) is 9.88 Å². The molecule has 59 heavy (non-hydrogen) atoms. The van der Waals surface area contributed by atoms with Crippen molar-refractivity contribution in [1.29, 1.82) is 0 Å². The number of H-pyrrole nitrogens is 1. The molecule has 0 radical (unpaired) electrons. The smallest absolute Gasteiger partial charge is 0.344 e. The normalized spacial score (nSPS) is 36.8. The number of rotatable bonds is 7. The van der Waals surface area contributed by atoms with Crippen molar-refractivity contribution in [2.75, 3.05) is 59.4 Å². The van der Waals surface area contributed by atoms with Crippen LogP contribution in [-0.2, 0) is 46.0 Å². The molecule has 12 nitrogen and oxygen atoms in total. The number of hydrogen-bond acceptors (Lipinski definition) is 11. The number of alkyl halides is 2. The number of benzene rings is 2. The summed E-state index contributed by atoms with van der Waals surface area (Å²) in [6, 6.07) is 9.23. The van der Waals surface area contributed by atoms with Crippen molar-refractivity contribution in [3.63, 3.8) is 0 Å². The second-order valence-electron chi connectivity index (χ2n) is 17.9. The molecule has 2 aromatic carbocycles. The summed E-state index contributed by atoms with van der Waals surface area (Å²) in [5.41, 5.74) is -3.54. The number of nitrogens with one attached hydrogen (secondary N) is 1. The summed E-state index contributed by atoms with van der Waals surface area (Å²) >= 11 is 0. The largest absolute Gasteiger partial charge is 0.496 e. The van der Waals surface area contributed by atoms with E-state index in [9.17, 15) is 14.7 Å². The van der Waals surface area contributed by atoms with Gasteiger partial charge in [-0.25, -0.2) is 13.6 Å². The van der Waals surface area contributed by atoms with Crippen molar-refractivity contribution >= 4 is 34.5 Å². The summed E-state index contributed by atoms with van der Waals surface area (Å²) in [7, 11) is 1.08. The number of ether oxygens (including phenoxy) is 4. The Labute approximate surface area is 347 Å². The fourth-order valence-electron chi connectivity index (χ4n) is 13.2. The number of para-hydroxylation sites is 1. The number of fused-ring (bicyclic) bond motifs is 6. The van der Waals surface area contributed by atoms with Gasteiger partial charge in [0, 0.05) is 96.9 Å². The zero-order chi connectivity index (χ0) is 44.5. The Hall–Kier alpha value is -4.53. The molecule has 2 saturated heterocycles. The molecule has 316 valence electrons. The Morgan fingerprint density at radius 3 is 2.54 bits per heavy atom. The van der Waals surface area contributed by atoms with Crippen molar-refractivity contribution in [3.8, 4) is 5.75 Å². The van der Waals surface area contributed by atoms with Crippen LogP contribution in [0.3, 0.4) is 0 Å². The lowest BCUT2D eigenvalue weighted by Gasteiger charge is -2.63. The van der Waals surface area contributed by atoms with E-state index < -0.39 is 82.7 Å². The van der Waals surface area contributed by atoms with E-state index in [0.29, 0.717) is 60.5 Å². The molecular formula is C45H54F2N4O8. The molecule has 1 aliphatic carbocycles. The monoisotopic (exact) mass is 819 g/mol. The fourth-order valence-corrected chi connectivity index (χ4v) is 13.2. The number of hydrogen-bond donors (Lipinski definition) is 2. The number of aromatic amines is 1. The molecule has 6 aliphatic rings. The second kappa shape index (κ2) is 13.5. The van der Waals surface area contributed by atoms with Crippen LogP contribution in [0.25, 0.3) is 10.9 Å². The van der Waals surface area contributed by atoms with E-state index in [-0.39, 0.29) is 37.2 Å². The zero-order valence-corrected chi connectivity index (χ0v) is 34.3. The quantitative estimate of drug-likeness (QED) is 0.188. The van der Waals surface area contributed by atoms with Gasteiger partial charge in [-0.15, -0.1) is 0 Å². The standard InChI is InChI=1S/C45H54F2N4O8/c1-8-42-14-11-16-51-17-15-43(36(42)51)30-19-31(34(56-5)20-33(30)49(4)37(43)45(55,40(54)58-7)38(42)59-25(2)52)44(39(53)57-6)21-26-18-27(41(3,46)47)23-50(22-26)24-29-28-12-9-10-13-32(28)48-35(29)44/h9-14,19-20,26-27,36-38,48,55H,8,15-18,21-24H2,1-7H3/t26?,27-,36?,37?,38-,42-,43-,44+,45+/m1/s1/i5D3. The van der Waals surface area contributed by atoms with Crippen LogP contribution in [0.1, 0.15) is 73.0 Å². The first-order chi connectivity index (χ1) is 29.2. The van der Waals surface area contributed by atoms with Gasteiger partial charge in [-0.2, -0.15) is 0 Å². The lowest BCUT2D eigenvalue weighted by molar-refractivity contribution is -0.228. The number of methoxy groups -OCH3 is 3. The molecule has 2 N–H and O–H groups in total. The van der Waals surface area contributed by atoms with Gasteiger partial charge in [0.1, 0.15) is 11.2 Å². The van der Waals surface area contributed by atoms with Crippen LogP contribution < -0.4 is 9.64 Å². The highest BCUT2D eigenvalue weighted by Crippen LogP contribution is 2.68. The predicted molar refractivity (Wildman–Crippen MR) is 214 cm³/mol. The highest BCUT2D eigenvalue weighted by Gasteiger charge is 2.80. The number of aromatic nitrogens is 1. The van der Waals surface area contributed by atoms with Crippen LogP contribution in [0.5, 0.6) is 5.75 Å². The number of likely N-dealkylation sites (N-methyl/N-ethyl adjacent to an activating group) is 1. The van der Waals surface area contributed by atoms with Crippen LogP contribution in [0.2, 0.25) is 0 Å². The first kappa shape index (κ1) is 36.3. The molecule has 9 rings (SSSR count). The van der Waals surface area contributed by atoms with E-state index in [1.165, 1.54) is 21.1 Å². The molecular weight excluding hydrogens is 763 g/mol. The summed E-state index contributed by atoms with van der Waals surface area (Å²) < 4.78 is 79.3. The van der Waals surface area contributed by atoms with Crippen molar-refractivity contribution in [3.05, 3.63) is 70.9 Å². The maximum atomic E-state index is 15.4. The van der Waals surface area contributed by atoms with E-state index in [4.69, 9.17) is 23.1 Å². The van der Waals surface area contributed by atoms with E-state index >= 15 is 13.6 Å². The Morgan fingerprint density at radius 1 is 1.08 bits per heavy atom. The molecule has 6 heterocycles. The lowest BCUT2D eigenvalue weighted by Crippen LogP contribution is -2.81. The molecule has 4 unspecified atom stereocenters. The number of aliphatic hydroxyl groups is 1. The zero-order valence-electron chi connectivity index (χ0n) is 37.3. The van der Waals surface area contributed by atoms with E-state index in [1.54, 1.807) is 24.1 Å². The van der Waals surface area contributed by atoms with Gasteiger partial charge >= 0.3 is 17.9 Å². The van der Waals surface area contributed by atoms with Crippen molar-refractivity contribution < 1.29 is 51.3 Å². The highest BCUT2D eigenvalue weighted by atomic mass is 19.3. The molecule has 3 fully saturated rings. The number of piperidine rings is 1. The van der Waals surface area contributed by atoms with Crippen molar-refractivity contribution in [2.45, 2.75) is 93.5 Å². The maximum absolute atomic E-state index is 15.4. The molecule has 1 saturated carbocycles. The second-order valence-corrected chi connectivity index (χ2v) is 17.9. The van der Waals surface area contributed by atoms with Crippen LogP contribution >= 0.6 is 0 Å². The summed E-state index contributed by atoms with van der Waals surface area (Å²) in [5.74, 6) is -7.14. The van der Waals surface area contributed by atoms with Gasteiger partial charge in [0.15, 0.2) is 6.10 Å². The Morgan fingerprint density at radius 2 is 1.85 bits per heavy atom. The van der Waals surface area contributed by atoms with Gasteiger partial charge in [0.25, 0.3) is 0 Å². The Kier molecular flexibility index (Phi) is 8.31. The summed E-state index contributed by atoms with van der Waals surface area (Å²) in [6.45, 7) is 5.90. The number of carbonyl (C=O) groups is 3.